The second-order valence-corrected chi connectivity index (χ2v) is 7.70. The van der Waals surface area contributed by atoms with E-state index in [1.165, 1.54) is 0 Å². The molecule has 0 radical (unpaired) electrons. The number of nitrogens with zero attached hydrogens (tertiary/aromatic N) is 1. The highest BCUT2D eigenvalue weighted by Gasteiger charge is 2.35. The molecule has 0 spiro atoms. The fourth-order valence-electron chi connectivity index (χ4n) is 3.81. The summed E-state index contributed by atoms with van der Waals surface area (Å²) in [6.07, 6.45) is 0.902. The molecule has 0 aromatic heterocycles. The molecule has 1 heterocycles. The molecule has 2 aromatic rings. The second-order valence-electron chi connectivity index (χ2n) is 7.70. The standard InChI is InChI=1S/C23H26N2O4/c1-16-12-19(23(28)29)15-25(14-16)22(27)20(13-17-8-4-2-5-9-17)24-21(26)18-10-6-3-7-11-18/h2-11,16,19-20H,12-15H2,1H3,(H,24,26)(H,28,29). The van der Waals surface area contributed by atoms with Crippen molar-refractivity contribution in [2.45, 2.75) is 25.8 Å². The number of carbonyl (C=O) groups excluding carboxylic acids is 2. The number of likely N-dealkylation sites (tertiary alicyclic amines) is 1. The van der Waals surface area contributed by atoms with Crippen molar-refractivity contribution in [1.82, 2.24) is 10.2 Å². The molecular formula is C23H26N2O4. The fourth-order valence-corrected chi connectivity index (χ4v) is 3.81. The molecule has 1 aliphatic rings. The first-order valence-corrected chi connectivity index (χ1v) is 9.85. The smallest absolute Gasteiger partial charge is 0.308 e. The number of carboxylic acids is 1. The Balaban J connectivity index is 1.80. The summed E-state index contributed by atoms with van der Waals surface area (Å²) in [7, 11) is 0. The number of nitrogens with one attached hydrogen (secondary N) is 1. The molecule has 2 N–H and O–H groups in total. The average molecular weight is 394 g/mol. The van der Waals surface area contributed by atoms with Crippen LogP contribution in [0, 0.1) is 11.8 Å². The van der Waals surface area contributed by atoms with Crippen LogP contribution in [0.5, 0.6) is 0 Å². The highest BCUT2D eigenvalue weighted by molar-refractivity contribution is 5.97. The van der Waals surface area contributed by atoms with E-state index in [-0.39, 0.29) is 24.3 Å². The van der Waals surface area contributed by atoms with E-state index in [0.717, 1.165) is 5.56 Å². The van der Waals surface area contributed by atoms with Crippen molar-refractivity contribution in [3.05, 3.63) is 71.8 Å². The molecule has 1 saturated heterocycles. The van der Waals surface area contributed by atoms with Gasteiger partial charge in [0.15, 0.2) is 0 Å². The summed E-state index contributed by atoms with van der Waals surface area (Å²) in [5.41, 5.74) is 1.41. The second kappa shape index (κ2) is 9.37. The van der Waals surface area contributed by atoms with Gasteiger partial charge in [-0.15, -0.1) is 0 Å². The highest BCUT2D eigenvalue weighted by Crippen LogP contribution is 2.23. The maximum atomic E-state index is 13.3. The zero-order chi connectivity index (χ0) is 20.8. The lowest BCUT2D eigenvalue weighted by Crippen LogP contribution is -2.54. The lowest BCUT2D eigenvalue weighted by Gasteiger charge is -2.36. The fraction of sp³-hybridized carbons (Fsp3) is 0.348. The van der Waals surface area contributed by atoms with Crippen molar-refractivity contribution < 1.29 is 19.5 Å². The Labute approximate surface area is 170 Å². The molecular weight excluding hydrogens is 368 g/mol. The van der Waals surface area contributed by atoms with Crippen molar-refractivity contribution in [3.63, 3.8) is 0 Å². The van der Waals surface area contributed by atoms with Crippen molar-refractivity contribution in [2.24, 2.45) is 11.8 Å². The van der Waals surface area contributed by atoms with E-state index in [9.17, 15) is 19.5 Å². The SMILES string of the molecule is CC1CC(C(=O)O)CN(C(=O)C(Cc2ccccc2)NC(=O)c2ccccc2)C1. The largest absolute Gasteiger partial charge is 0.481 e. The Morgan fingerprint density at radius 2 is 1.66 bits per heavy atom. The van der Waals surface area contributed by atoms with E-state index in [1.54, 1.807) is 29.2 Å². The molecule has 0 saturated carbocycles. The molecule has 1 aliphatic heterocycles. The Morgan fingerprint density at radius 1 is 1.03 bits per heavy atom. The third kappa shape index (κ3) is 5.44. The van der Waals surface area contributed by atoms with Gasteiger partial charge < -0.3 is 15.3 Å². The van der Waals surface area contributed by atoms with E-state index in [0.29, 0.717) is 24.9 Å². The first-order chi connectivity index (χ1) is 13.9. The summed E-state index contributed by atoms with van der Waals surface area (Å²) in [5.74, 6) is -1.93. The van der Waals surface area contributed by atoms with Gasteiger partial charge in [0.1, 0.15) is 6.04 Å². The number of hydrogen-bond acceptors (Lipinski definition) is 3. The monoisotopic (exact) mass is 394 g/mol. The van der Waals surface area contributed by atoms with E-state index >= 15 is 0 Å². The third-order valence-electron chi connectivity index (χ3n) is 5.24. The van der Waals surface area contributed by atoms with Crippen molar-refractivity contribution >= 4 is 17.8 Å². The summed E-state index contributed by atoms with van der Waals surface area (Å²) in [6, 6.07) is 17.5. The molecule has 1 fully saturated rings. The van der Waals surface area contributed by atoms with Gasteiger partial charge in [-0.25, -0.2) is 0 Å². The van der Waals surface area contributed by atoms with Crippen LogP contribution in [0.25, 0.3) is 0 Å². The van der Waals surface area contributed by atoms with Crippen LogP contribution in [-0.4, -0.2) is 46.9 Å². The molecule has 0 bridgehead atoms. The van der Waals surface area contributed by atoms with Gasteiger partial charge in [-0.1, -0.05) is 55.5 Å². The summed E-state index contributed by atoms with van der Waals surface area (Å²) in [6.45, 7) is 2.62. The highest BCUT2D eigenvalue weighted by atomic mass is 16.4. The predicted octanol–water partition coefficient (Wildman–Crippen LogP) is 2.60. The zero-order valence-corrected chi connectivity index (χ0v) is 16.5. The van der Waals surface area contributed by atoms with E-state index < -0.39 is 17.9 Å². The molecule has 2 aromatic carbocycles. The Kier molecular flexibility index (Phi) is 6.65. The van der Waals surface area contributed by atoms with Crippen molar-refractivity contribution in [1.29, 1.82) is 0 Å². The molecule has 3 atom stereocenters. The van der Waals surface area contributed by atoms with Crippen LogP contribution in [0.2, 0.25) is 0 Å². The minimum Gasteiger partial charge on any atom is -0.481 e. The van der Waals surface area contributed by atoms with Gasteiger partial charge in [-0.05, 0) is 30.0 Å². The van der Waals surface area contributed by atoms with Gasteiger partial charge in [-0.3, -0.25) is 14.4 Å². The molecule has 2 amide bonds. The number of aliphatic carboxylic acids is 1. The van der Waals surface area contributed by atoms with E-state index in [1.807, 2.05) is 43.3 Å². The van der Waals surface area contributed by atoms with Crippen LogP contribution in [-0.2, 0) is 16.0 Å². The van der Waals surface area contributed by atoms with Gasteiger partial charge in [0, 0.05) is 25.1 Å². The van der Waals surface area contributed by atoms with Crippen LogP contribution >= 0.6 is 0 Å². The molecule has 152 valence electrons. The van der Waals surface area contributed by atoms with Crippen molar-refractivity contribution in [2.75, 3.05) is 13.1 Å². The van der Waals surface area contributed by atoms with Gasteiger partial charge in [0.2, 0.25) is 5.91 Å². The third-order valence-corrected chi connectivity index (χ3v) is 5.24. The maximum absolute atomic E-state index is 13.3. The molecule has 6 nitrogen and oxygen atoms in total. The van der Waals surface area contributed by atoms with Gasteiger partial charge >= 0.3 is 5.97 Å². The average Bonchev–Trinajstić information content (AvgIpc) is 2.73. The molecule has 6 heteroatoms. The minimum absolute atomic E-state index is 0.0935. The van der Waals surface area contributed by atoms with Gasteiger partial charge in [0.25, 0.3) is 5.91 Å². The van der Waals surface area contributed by atoms with E-state index in [2.05, 4.69) is 5.32 Å². The number of carbonyl (C=O) groups is 3. The first-order valence-electron chi connectivity index (χ1n) is 9.85. The number of hydrogen-bond donors (Lipinski definition) is 2. The van der Waals surface area contributed by atoms with Gasteiger partial charge in [-0.2, -0.15) is 0 Å². The van der Waals surface area contributed by atoms with Gasteiger partial charge in [0.05, 0.1) is 5.92 Å². The normalized spacial score (nSPS) is 20.0. The predicted molar refractivity (Wildman–Crippen MR) is 109 cm³/mol. The number of piperidine rings is 1. The van der Waals surface area contributed by atoms with Crippen LogP contribution in [0.4, 0.5) is 0 Å². The minimum atomic E-state index is -0.887. The lowest BCUT2D eigenvalue weighted by atomic mass is 9.89. The Bertz CT molecular complexity index is 854. The summed E-state index contributed by atoms with van der Waals surface area (Å²) in [4.78, 5) is 39.1. The molecule has 3 unspecified atom stereocenters. The topological polar surface area (TPSA) is 86.7 Å². The number of rotatable bonds is 6. The van der Waals surface area contributed by atoms with Crippen LogP contribution in [0.1, 0.15) is 29.3 Å². The first kappa shape index (κ1) is 20.6. The number of carboxylic acid groups (broad SMARTS) is 1. The van der Waals surface area contributed by atoms with Crippen molar-refractivity contribution in [3.8, 4) is 0 Å². The van der Waals surface area contributed by atoms with E-state index in [4.69, 9.17) is 0 Å². The Hall–Kier alpha value is -3.15. The quantitative estimate of drug-likeness (QED) is 0.789. The van der Waals surface area contributed by atoms with Crippen LogP contribution < -0.4 is 5.32 Å². The molecule has 3 rings (SSSR count). The summed E-state index contributed by atoms with van der Waals surface area (Å²) in [5, 5.41) is 12.3. The van der Waals surface area contributed by atoms with Crippen LogP contribution in [0.3, 0.4) is 0 Å². The summed E-state index contributed by atoms with van der Waals surface area (Å²) >= 11 is 0. The zero-order valence-electron chi connectivity index (χ0n) is 16.5. The molecule has 29 heavy (non-hydrogen) atoms. The maximum Gasteiger partial charge on any atom is 0.308 e. The van der Waals surface area contributed by atoms with Crippen LogP contribution in [0.15, 0.2) is 60.7 Å². The Morgan fingerprint density at radius 3 is 2.28 bits per heavy atom. The number of amides is 2. The summed E-state index contributed by atoms with van der Waals surface area (Å²) < 4.78 is 0. The molecule has 0 aliphatic carbocycles. The lowest BCUT2D eigenvalue weighted by molar-refractivity contribution is -0.147. The number of benzene rings is 2.